The number of fused-ring (bicyclic) bond motifs is 1. The molecule has 0 amide bonds. The van der Waals surface area contributed by atoms with Crippen molar-refractivity contribution in [3.63, 3.8) is 0 Å². The Morgan fingerprint density at radius 2 is 2.17 bits per heavy atom. The van der Waals surface area contributed by atoms with Crippen LogP contribution in [0.2, 0.25) is 0 Å². The first kappa shape index (κ1) is 7.43. The van der Waals surface area contributed by atoms with Gasteiger partial charge in [-0.25, -0.2) is 4.98 Å². The molecule has 0 bridgehead atoms. The van der Waals surface area contributed by atoms with Crippen LogP contribution >= 0.6 is 12.2 Å². The number of hydrogen-bond donors (Lipinski definition) is 0. The van der Waals surface area contributed by atoms with Crippen molar-refractivity contribution in [3.05, 3.63) is 35.1 Å². The van der Waals surface area contributed by atoms with E-state index in [0.717, 1.165) is 15.7 Å². The third-order valence-corrected chi connectivity index (χ3v) is 2.28. The summed E-state index contributed by atoms with van der Waals surface area (Å²) in [5.74, 6) is 0. The van der Waals surface area contributed by atoms with Gasteiger partial charge in [-0.2, -0.15) is 0 Å². The molecule has 0 aliphatic rings. The van der Waals surface area contributed by atoms with Crippen LogP contribution in [0.25, 0.3) is 11.0 Å². The van der Waals surface area contributed by atoms with Gasteiger partial charge in [0, 0.05) is 18.6 Å². The summed E-state index contributed by atoms with van der Waals surface area (Å²) >= 11 is 5.10. The van der Waals surface area contributed by atoms with Gasteiger partial charge in [-0.3, -0.25) is 0 Å². The Labute approximate surface area is 75.5 Å². The van der Waals surface area contributed by atoms with Gasteiger partial charge in [-0.05, 0) is 24.3 Å². The normalized spacial score (nSPS) is 10.4. The molecular formula is C9H8N2S. The third-order valence-electron chi connectivity index (χ3n) is 1.87. The Balaban J connectivity index is 3.01. The summed E-state index contributed by atoms with van der Waals surface area (Å²) in [4.78, 5) is 4.24. The van der Waals surface area contributed by atoms with Gasteiger partial charge in [0.05, 0.1) is 0 Å². The van der Waals surface area contributed by atoms with E-state index < -0.39 is 0 Å². The van der Waals surface area contributed by atoms with Crippen molar-refractivity contribution in [2.45, 2.75) is 0 Å². The van der Waals surface area contributed by atoms with E-state index in [-0.39, 0.29) is 0 Å². The topological polar surface area (TPSA) is 17.8 Å². The average molecular weight is 176 g/mol. The van der Waals surface area contributed by atoms with Gasteiger partial charge in [0.25, 0.3) is 0 Å². The number of rotatable bonds is 0. The molecule has 12 heavy (non-hydrogen) atoms. The number of pyridine rings is 2. The highest BCUT2D eigenvalue weighted by atomic mass is 32.1. The fraction of sp³-hybridized carbons (Fsp3) is 0.111. The maximum atomic E-state index is 5.10. The fourth-order valence-electron chi connectivity index (χ4n) is 1.20. The zero-order valence-electron chi connectivity index (χ0n) is 6.69. The van der Waals surface area contributed by atoms with Crippen LogP contribution in [-0.2, 0) is 7.05 Å². The summed E-state index contributed by atoms with van der Waals surface area (Å²) in [6, 6.07) is 7.85. The zero-order chi connectivity index (χ0) is 8.55. The molecule has 0 aliphatic carbocycles. The standard InChI is InChI=1S/C9H8N2S/c1-11-8(12)5-4-7-3-2-6-10-9(7)11/h2-6H,1H3. The maximum absolute atomic E-state index is 5.10. The maximum Gasteiger partial charge on any atom is 0.140 e. The number of aryl methyl sites for hydroxylation is 1. The Morgan fingerprint density at radius 1 is 1.33 bits per heavy atom. The Hall–Kier alpha value is -1.22. The minimum Gasteiger partial charge on any atom is -0.320 e. The molecule has 2 nitrogen and oxygen atoms in total. The third kappa shape index (κ3) is 1.02. The number of hydrogen-bond acceptors (Lipinski definition) is 2. The van der Waals surface area contributed by atoms with E-state index in [0.29, 0.717) is 0 Å². The van der Waals surface area contributed by atoms with Crippen LogP contribution in [0.15, 0.2) is 30.5 Å². The molecule has 3 heteroatoms. The molecule has 0 saturated carbocycles. The van der Waals surface area contributed by atoms with Crippen LogP contribution in [-0.4, -0.2) is 9.55 Å². The van der Waals surface area contributed by atoms with E-state index in [1.807, 2.05) is 35.9 Å². The largest absolute Gasteiger partial charge is 0.320 e. The monoisotopic (exact) mass is 176 g/mol. The van der Waals surface area contributed by atoms with Crippen LogP contribution in [0.4, 0.5) is 0 Å². The highest BCUT2D eigenvalue weighted by Crippen LogP contribution is 2.09. The van der Waals surface area contributed by atoms with Gasteiger partial charge >= 0.3 is 0 Å². The number of nitrogens with zero attached hydrogens (tertiary/aromatic N) is 2. The summed E-state index contributed by atoms with van der Waals surface area (Å²) in [6.45, 7) is 0. The second-order valence-electron chi connectivity index (χ2n) is 2.65. The van der Waals surface area contributed by atoms with Crippen LogP contribution in [0.1, 0.15) is 0 Å². The second-order valence-corrected chi connectivity index (χ2v) is 3.07. The van der Waals surface area contributed by atoms with Crippen molar-refractivity contribution >= 4 is 23.3 Å². The van der Waals surface area contributed by atoms with E-state index in [1.165, 1.54) is 0 Å². The van der Waals surface area contributed by atoms with Crippen LogP contribution in [0, 0.1) is 4.64 Å². The zero-order valence-corrected chi connectivity index (χ0v) is 7.51. The molecule has 2 aromatic heterocycles. The fourth-order valence-corrected chi connectivity index (χ4v) is 1.35. The lowest BCUT2D eigenvalue weighted by molar-refractivity contribution is 0.915. The van der Waals surface area contributed by atoms with Gasteiger partial charge in [-0.15, -0.1) is 0 Å². The highest BCUT2D eigenvalue weighted by Gasteiger charge is 1.94. The van der Waals surface area contributed by atoms with Gasteiger partial charge in [0.2, 0.25) is 0 Å². The molecule has 0 aromatic carbocycles. The van der Waals surface area contributed by atoms with Gasteiger partial charge < -0.3 is 4.57 Å². The first-order valence-electron chi connectivity index (χ1n) is 3.70. The van der Waals surface area contributed by atoms with Gasteiger partial charge in [-0.1, -0.05) is 12.2 Å². The Bertz CT molecular complexity index is 473. The van der Waals surface area contributed by atoms with Crippen molar-refractivity contribution < 1.29 is 0 Å². The molecule has 0 atom stereocenters. The summed E-state index contributed by atoms with van der Waals surface area (Å²) in [7, 11) is 1.93. The van der Waals surface area contributed by atoms with E-state index in [4.69, 9.17) is 12.2 Å². The molecule has 0 unspecified atom stereocenters. The molecular weight excluding hydrogens is 168 g/mol. The molecule has 0 saturated heterocycles. The lowest BCUT2D eigenvalue weighted by atomic mass is 10.3. The smallest absolute Gasteiger partial charge is 0.140 e. The highest BCUT2D eigenvalue weighted by molar-refractivity contribution is 7.71. The lowest BCUT2D eigenvalue weighted by Crippen LogP contribution is -1.95. The van der Waals surface area contributed by atoms with Gasteiger partial charge in [0.1, 0.15) is 10.3 Å². The Morgan fingerprint density at radius 3 is 3.00 bits per heavy atom. The quantitative estimate of drug-likeness (QED) is 0.573. The molecule has 0 fully saturated rings. The molecule has 0 spiro atoms. The van der Waals surface area contributed by atoms with Crippen molar-refractivity contribution in [1.29, 1.82) is 0 Å². The molecule has 0 radical (unpaired) electrons. The van der Waals surface area contributed by atoms with Crippen molar-refractivity contribution in [1.82, 2.24) is 9.55 Å². The van der Waals surface area contributed by atoms with Gasteiger partial charge in [0.15, 0.2) is 0 Å². The average Bonchev–Trinajstić information content (AvgIpc) is 2.12. The van der Waals surface area contributed by atoms with Crippen LogP contribution in [0.5, 0.6) is 0 Å². The van der Waals surface area contributed by atoms with E-state index in [2.05, 4.69) is 4.98 Å². The molecule has 60 valence electrons. The summed E-state index contributed by atoms with van der Waals surface area (Å²) in [6.07, 6.45) is 1.77. The molecule has 2 heterocycles. The minimum absolute atomic E-state index is 0.807. The predicted octanol–water partition coefficient (Wildman–Crippen LogP) is 2.30. The summed E-state index contributed by atoms with van der Waals surface area (Å²) in [5.41, 5.74) is 0.935. The van der Waals surface area contributed by atoms with E-state index in [1.54, 1.807) is 6.20 Å². The molecule has 0 N–H and O–H groups in total. The van der Waals surface area contributed by atoms with E-state index in [9.17, 15) is 0 Å². The first-order valence-corrected chi connectivity index (χ1v) is 4.10. The lowest BCUT2D eigenvalue weighted by Gasteiger charge is -2.02. The van der Waals surface area contributed by atoms with Crippen LogP contribution < -0.4 is 0 Å². The summed E-state index contributed by atoms with van der Waals surface area (Å²) < 4.78 is 2.71. The summed E-state index contributed by atoms with van der Waals surface area (Å²) in [5, 5.41) is 1.12. The first-order chi connectivity index (χ1) is 5.79. The molecule has 2 rings (SSSR count). The van der Waals surface area contributed by atoms with E-state index >= 15 is 0 Å². The van der Waals surface area contributed by atoms with Crippen molar-refractivity contribution in [2.24, 2.45) is 7.05 Å². The second kappa shape index (κ2) is 2.68. The SMILES string of the molecule is Cn1c(=S)ccc2cccnc21. The minimum atomic E-state index is 0.807. The Kier molecular flexibility index (Phi) is 1.66. The van der Waals surface area contributed by atoms with Crippen LogP contribution in [0.3, 0.4) is 0 Å². The van der Waals surface area contributed by atoms with Crippen molar-refractivity contribution in [3.8, 4) is 0 Å². The molecule has 2 aromatic rings. The number of aromatic nitrogens is 2. The molecule has 0 aliphatic heterocycles. The predicted molar refractivity (Wildman–Crippen MR) is 51.5 cm³/mol. The van der Waals surface area contributed by atoms with Crippen molar-refractivity contribution in [2.75, 3.05) is 0 Å².